The van der Waals surface area contributed by atoms with Gasteiger partial charge in [-0.25, -0.2) is 5.21 Å². The number of para-hydroxylation sites is 1. The molecule has 0 bridgehead atoms. The molecule has 2 heterocycles. The number of aromatic nitrogens is 1. The lowest BCUT2D eigenvalue weighted by Crippen LogP contribution is -2.99. The molecule has 0 saturated carbocycles. The Morgan fingerprint density at radius 2 is 1.86 bits per heavy atom. The van der Waals surface area contributed by atoms with Crippen LogP contribution in [0.15, 0.2) is 48.5 Å². The largest absolute Gasteiger partial charge is 0.595 e. The molecule has 112 valence electrons. The van der Waals surface area contributed by atoms with Gasteiger partial charge in [-0.2, -0.15) is 5.23 Å². The average Bonchev–Trinajstić information content (AvgIpc) is 2.93. The Morgan fingerprint density at radius 1 is 1.09 bits per heavy atom. The minimum Gasteiger partial charge on any atom is -0.595 e. The Bertz CT molecular complexity index is 808. The molecule has 4 N–H and O–H groups in total. The number of quaternary nitrogens is 1. The number of hydrogen-bond acceptors (Lipinski definition) is 3. The molecule has 4 rings (SSSR count). The summed E-state index contributed by atoms with van der Waals surface area (Å²) in [5, 5.41) is 23.9. The van der Waals surface area contributed by atoms with E-state index in [1.54, 1.807) is 12.1 Å². The summed E-state index contributed by atoms with van der Waals surface area (Å²) in [6.07, 6.45) is 1.00. The van der Waals surface area contributed by atoms with Crippen LogP contribution < -0.4 is 10.5 Å². The Labute approximate surface area is 127 Å². The molecule has 1 aromatic heterocycles. The highest BCUT2D eigenvalue weighted by atomic mass is 16.8. The quantitative estimate of drug-likeness (QED) is 0.545. The Kier molecular flexibility index (Phi) is 3.20. The van der Waals surface area contributed by atoms with Crippen molar-refractivity contribution in [2.24, 2.45) is 0 Å². The second-order valence-electron chi connectivity index (χ2n) is 5.63. The Balaban J connectivity index is 1.78. The maximum Gasteiger partial charge on any atom is 0.163 e. The van der Waals surface area contributed by atoms with Gasteiger partial charge in [-0.1, -0.05) is 30.3 Å². The first-order valence-electron chi connectivity index (χ1n) is 7.40. The van der Waals surface area contributed by atoms with Crippen LogP contribution in [0.2, 0.25) is 0 Å². The molecule has 2 aromatic carbocycles. The van der Waals surface area contributed by atoms with Crippen LogP contribution in [0.25, 0.3) is 10.9 Å². The first kappa shape index (κ1) is 13.5. The highest BCUT2D eigenvalue weighted by Gasteiger charge is 2.25. The smallest absolute Gasteiger partial charge is 0.163 e. The van der Waals surface area contributed by atoms with Crippen molar-refractivity contribution < 1.29 is 10.4 Å². The first-order valence-corrected chi connectivity index (χ1v) is 7.40. The van der Waals surface area contributed by atoms with Crippen molar-refractivity contribution in [3.8, 4) is 0 Å². The number of hydrogen-bond donors (Lipinski definition) is 4. The number of benzene rings is 2. The summed E-state index contributed by atoms with van der Waals surface area (Å²) in [5.74, 6) is 0. The van der Waals surface area contributed by atoms with Crippen LogP contribution in [0.1, 0.15) is 22.9 Å². The average molecular weight is 295 g/mol. The van der Waals surface area contributed by atoms with E-state index in [-0.39, 0.29) is 6.04 Å². The normalized spacial score (nSPS) is 19.1. The second-order valence-corrected chi connectivity index (χ2v) is 5.63. The van der Waals surface area contributed by atoms with Crippen LogP contribution in [-0.4, -0.2) is 16.7 Å². The molecule has 22 heavy (non-hydrogen) atoms. The predicted octanol–water partition coefficient (Wildman–Crippen LogP) is 1.81. The maximum atomic E-state index is 11.0. The van der Waals surface area contributed by atoms with Gasteiger partial charge in [-0.3, -0.25) is 0 Å². The number of rotatable bonds is 2. The fourth-order valence-corrected chi connectivity index (χ4v) is 3.28. The van der Waals surface area contributed by atoms with Gasteiger partial charge in [-0.15, -0.1) is 0 Å². The van der Waals surface area contributed by atoms with Crippen LogP contribution in [0.4, 0.5) is 5.69 Å². The molecular formula is C17H17N3O2. The van der Waals surface area contributed by atoms with Gasteiger partial charge < -0.3 is 15.5 Å². The minimum absolute atomic E-state index is 0.0824. The van der Waals surface area contributed by atoms with Crippen LogP contribution >= 0.6 is 0 Å². The number of aromatic amines is 1. The molecule has 2 unspecified atom stereocenters. The summed E-state index contributed by atoms with van der Waals surface area (Å²) in [7, 11) is 0. The van der Waals surface area contributed by atoms with Crippen molar-refractivity contribution in [1.29, 1.82) is 0 Å². The number of nitrogens with one attached hydrogen (secondary N) is 3. The van der Waals surface area contributed by atoms with E-state index < -0.39 is 5.23 Å². The summed E-state index contributed by atoms with van der Waals surface area (Å²) in [6, 6.07) is 15.5. The lowest BCUT2D eigenvalue weighted by Gasteiger charge is -2.25. The molecule has 0 amide bonds. The van der Waals surface area contributed by atoms with E-state index in [0.29, 0.717) is 5.69 Å². The van der Waals surface area contributed by atoms with Gasteiger partial charge in [0.2, 0.25) is 0 Å². The molecule has 5 heteroatoms. The Hall–Kier alpha value is -2.18. The number of fused-ring (bicyclic) bond motifs is 3. The van der Waals surface area contributed by atoms with Gasteiger partial charge in [-0.05, 0) is 23.6 Å². The van der Waals surface area contributed by atoms with E-state index >= 15 is 0 Å². The van der Waals surface area contributed by atoms with E-state index in [9.17, 15) is 5.21 Å². The zero-order valence-corrected chi connectivity index (χ0v) is 12.0. The molecule has 1 aliphatic heterocycles. The molecule has 0 radical (unpaired) electrons. The van der Waals surface area contributed by atoms with Crippen LogP contribution in [0, 0.1) is 5.21 Å². The minimum atomic E-state index is -0.894. The van der Waals surface area contributed by atoms with Gasteiger partial charge in [0.15, 0.2) is 5.69 Å². The zero-order chi connectivity index (χ0) is 15.1. The van der Waals surface area contributed by atoms with Crippen molar-refractivity contribution >= 4 is 16.6 Å². The lowest BCUT2D eigenvalue weighted by molar-refractivity contribution is -0.991. The summed E-state index contributed by atoms with van der Waals surface area (Å²) >= 11 is 0. The molecule has 0 spiro atoms. The van der Waals surface area contributed by atoms with Gasteiger partial charge >= 0.3 is 0 Å². The van der Waals surface area contributed by atoms with E-state index in [2.05, 4.69) is 28.5 Å². The standard InChI is InChI=1S/C17H17N3O2/c21-20(22)12-7-5-11(6-8-12)16-17-14(9-10-18-16)13-3-1-2-4-15(13)19-17/h1-8,16,18-21H,9-10H2. The molecule has 0 fully saturated rings. The van der Waals surface area contributed by atoms with Crippen LogP contribution in [0.5, 0.6) is 0 Å². The van der Waals surface area contributed by atoms with Gasteiger partial charge in [0, 0.05) is 35.3 Å². The second kappa shape index (κ2) is 5.23. The third kappa shape index (κ3) is 2.12. The van der Waals surface area contributed by atoms with E-state index in [0.717, 1.165) is 24.0 Å². The molecule has 2 atom stereocenters. The van der Waals surface area contributed by atoms with Crippen molar-refractivity contribution in [2.45, 2.75) is 12.5 Å². The van der Waals surface area contributed by atoms with Crippen molar-refractivity contribution in [3.63, 3.8) is 0 Å². The van der Waals surface area contributed by atoms with E-state index in [4.69, 9.17) is 5.21 Å². The first-order chi connectivity index (χ1) is 10.7. The monoisotopic (exact) mass is 295 g/mol. The summed E-state index contributed by atoms with van der Waals surface area (Å²) < 4.78 is 0. The molecular weight excluding hydrogens is 278 g/mol. The maximum absolute atomic E-state index is 11.0. The molecule has 1 aliphatic rings. The SMILES string of the molecule is [O-][NH+](O)c1ccc(C2NCCc3c2[nH]c2ccccc32)cc1. The molecule has 0 saturated heterocycles. The van der Waals surface area contributed by atoms with E-state index in [1.165, 1.54) is 16.6 Å². The Morgan fingerprint density at radius 3 is 2.64 bits per heavy atom. The number of H-pyrrole nitrogens is 1. The van der Waals surface area contributed by atoms with Gasteiger partial charge in [0.25, 0.3) is 0 Å². The van der Waals surface area contributed by atoms with Gasteiger partial charge in [0.05, 0.1) is 6.04 Å². The summed E-state index contributed by atoms with van der Waals surface area (Å²) in [4.78, 5) is 3.52. The summed E-state index contributed by atoms with van der Waals surface area (Å²) in [5.41, 5.74) is 5.11. The van der Waals surface area contributed by atoms with Crippen molar-refractivity contribution in [3.05, 3.63) is 70.6 Å². The van der Waals surface area contributed by atoms with Gasteiger partial charge in [0.1, 0.15) is 0 Å². The lowest BCUT2D eigenvalue weighted by atomic mass is 9.94. The third-order valence-corrected chi connectivity index (χ3v) is 4.35. The highest BCUT2D eigenvalue weighted by molar-refractivity contribution is 5.85. The highest BCUT2D eigenvalue weighted by Crippen LogP contribution is 2.33. The van der Waals surface area contributed by atoms with Crippen molar-refractivity contribution in [1.82, 2.24) is 10.3 Å². The third-order valence-electron chi connectivity index (χ3n) is 4.35. The zero-order valence-electron chi connectivity index (χ0n) is 12.0. The summed E-state index contributed by atoms with van der Waals surface area (Å²) in [6.45, 7) is 0.917. The topological polar surface area (TPSA) is 75.6 Å². The predicted molar refractivity (Wildman–Crippen MR) is 84.1 cm³/mol. The molecule has 3 aromatic rings. The van der Waals surface area contributed by atoms with E-state index in [1.807, 2.05) is 18.2 Å². The van der Waals surface area contributed by atoms with Crippen LogP contribution in [0.3, 0.4) is 0 Å². The van der Waals surface area contributed by atoms with Crippen molar-refractivity contribution in [2.75, 3.05) is 6.54 Å². The fraction of sp³-hybridized carbons (Fsp3) is 0.176. The molecule has 5 nitrogen and oxygen atoms in total. The fourth-order valence-electron chi connectivity index (χ4n) is 3.28. The van der Waals surface area contributed by atoms with Crippen LogP contribution in [-0.2, 0) is 6.42 Å². The molecule has 0 aliphatic carbocycles.